The third-order valence-corrected chi connectivity index (χ3v) is 8.94. The lowest BCUT2D eigenvalue weighted by molar-refractivity contribution is -0.136. The molecule has 0 saturated carbocycles. The molecule has 1 aromatic heterocycles. The van der Waals surface area contributed by atoms with Crippen LogP contribution in [0.15, 0.2) is 54.7 Å². The maximum atomic E-state index is 14.0. The minimum absolute atomic E-state index is 0.0194. The van der Waals surface area contributed by atoms with Gasteiger partial charge in [-0.3, -0.25) is 24.0 Å². The topological polar surface area (TPSA) is 202 Å². The van der Waals surface area contributed by atoms with Gasteiger partial charge in [-0.25, -0.2) is 0 Å². The van der Waals surface area contributed by atoms with Crippen LogP contribution in [0, 0.1) is 11.8 Å². The van der Waals surface area contributed by atoms with Crippen LogP contribution >= 0.6 is 0 Å². The monoisotopic (exact) mass is 676 g/mol. The summed E-state index contributed by atoms with van der Waals surface area (Å²) in [7, 11) is 0. The molecular formula is C36H48N6O7. The quantitative estimate of drug-likeness (QED) is 0.168. The zero-order valence-corrected chi connectivity index (χ0v) is 28.6. The molecule has 7 atom stereocenters. The van der Waals surface area contributed by atoms with Crippen molar-refractivity contribution in [2.45, 2.75) is 96.6 Å². The molecule has 4 rings (SSSR count). The lowest BCUT2D eigenvalue weighted by atomic mass is 9.95. The number of carbonyl (C=O) groups is 5. The van der Waals surface area contributed by atoms with Gasteiger partial charge in [0, 0.05) is 29.9 Å². The fourth-order valence-corrected chi connectivity index (χ4v) is 5.92. The number of fused-ring (bicyclic) bond motifs is 1. The van der Waals surface area contributed by atoms with Gasteiger partial charge in [-0.2, -0.15) is 0 Å². The zero-order chi connectivity index (χ0) is 35.8. The molecule has 2 aromatic carbocycles. The molecule has 1 aliphatic heterocycles. The molecule has 2 heterocycles. The van der Waals surface area contributed by atoms with E-state index in [0.29, 0.717) is 12.0 Å². The highest BCUT2D eigenvalue weighted by Gasteiger charge is 2.37. The summed E-state index contributed by atoms with van der Waals surface area (Å²) in [4.78, 5) is 72.5. The number of aromatic hydroxyl groups is 1. The summed E-state index contributed by atoms with van der Waals surface area (Å²) in [6, 6.07) is 7.56. The standard InChI is InChI=1S/C36H48N6O7/c1-6-20(4)30-35(48)39-28(16-22-11-13-24(44)14-12-22)34(47)42-31(21(5)43)36(49)40-29(17-23-18-37-26-10-8-7-9-25(23)26)32(45)38-27(15-19(2)3)33(46)41-30/h7-14,18-21,27-31,37,43-44H,6,15-17H2,1-5H3,(H,38,45)(H,39,48)(H,40,49)(H,41,46)(H,42,47)/t20-,21-,27-,28+,29-,30-,31+/m0/s1. The zero-order valence-electron chi connectivity index (χ0n) is 28.6. The van der Waals surface area contributed by atoms with Crippen LogP contribution in [0.2, 0.25) is 0 Å². The number of nitrogens with one attached hydrogen (secondary N) is 6. The number of H-pyrrole nitrogens is 1. The second-order valence-corrected chi connectivity index (χ2v) is 13.3. The summed E-state index contributed by atoms with van der Waals surface area (Å²) in [5, 5.41) is 35.0. The van der Waals surface area contributed by atoms with Crippen molar-refractivity contribution in [3.05, 3.63) is 65.9 Å². The Morgan fingerprint density at radius 2 is 1.22 bits per heavy atom. The number of aromatic amines is 1. The molecule has 1 saturated heterocycles. The Morgan fingerprint density at radius 1 is 0.673 bits per heavy atom. The van der Waals surface area contributed by atoms with E-state index < -0.39 is 65.8 Å². The number of amides is 5. The molecule has 5 amide bonds. The van der Waals surface area contributed by atoms with E-state index >= 15 is 0 Å². The van der Waals surface area contributed by atoms with Crippen molar-refractivity contribution >= 4 is 40.4 Å². The average Bonchev–Trinajstić information content (AvgIpc) is 3.47. The second-order valence-electron chi connectivity index (χ2n) is 13.3. The van der Waals surface area contributed by atoms with Crippen LogP contribution in [0.1, 0.15) is 58.6 Å². The van der Waals surface area contributed by atoms with Crippen molar-refractivity contribution in [2.75, 3.05) is 0 Å². The van der Waals surface area contributed by atoms with E-state index in [9.17, 15) is 34.2 Å². The maximum Gasteiger partial charge on any atom is 0.245 e. The Morgan fingerprint density at radius 3 is 1.86 bits per heavy atom. The fraction of sp³-hybridized carbons (Fsp3) is 0.472. The van der Waals surface area contributed by atoms with Crippen molar-refractivity contribution in [3.8, 4) is 5.75 Å². The highest BCUT2D eigenvalue weighted by molar-refractivity contribution is 5.98. The third kappa shape index (κ3) is 9.59. The van der Waals surface area contributed by atoms with Gasteiger partial charge in [0.1, 0.15) is 36.0 Å². The van der Waals surface area contributed by atoms with Crippen LogP contribution in [0.25, 0.3) is 10.9 Å². The average molecular weight is 677 g/mol. The molecule has 0 spiro atoms. The molecular weight excluding hydrogens is 628 g/mol. The van der Waals surface area contributed by atoms with Gasteiger partial charge in [-0.05, 0) is 54.5 Å². The number of rotatable bonds is 9. The van der Waals surface area contributed by atoms with E-state index in [1.54, 1.807) is 25.3 Å². The number of phenolic OH excluding ortho intramolecular Hbond substituents is 1. The summed E-state index contributed by atoms with van der Waals surface area (Å²) in [6.07, 6.45) is 1.15. The molecule has 8 N–H and O–H groups in total. The van der Waals surface area contributed by atoms with Gasteiger partial charge in [-0.15, -0.1) is 0 Å². The highest BCUT2D eigenvalue weighted by atomic mass is 16.3. The first-order chi connectivity index (χ1) is 23.3. The van der Waals surface area contributed by atoms with E-state index in [-0.39, 0.29) is 36.8 Å². The summed E-state index contributed by atoms with van der Waals surface area (Å²) in [6.45, 7) is 8.80. The van der Waals surface area contributed by atoms with Crippen LogP contribution < -0.4 is 26.6 Å². The minimum Gasteiger partial charge on any atom is -0.508 e. The van der Waals surface area contributed by atoms with E-state index in [4.69, 9.17) is 0 Å². The fourth-order valence-electron chi connectivity index (χ4n) is 5.92. The van der Waals surface area contributed by atoms with Gasteiger partial charge in [0.05, 0.1) is 6.10 Å². The first-order valence-electron chi connectivity index (χ1n) is 16.8. The summed E-state index contributed by atoms with van der Waals surface area (Å²) in [5.41, 5.74) is 2.17. The first kappa shape index (κ1) is 36.9. The maximum absolute atomic E-state index is 14.0. The molecule has 264 valence electrons. The Labute approximate surface area is 286 Å². The first-order valence-corrected chi connectivity index (χ1v) is 16.8. The van der Waals surface area contributed by atoms with E-state index in [0.717, 1.165) is 16.5 Å². The number of carbonyl (C=O) groups excluding carboxylic acids is 5. The summed E-state index contributed by atoms with van der Waals surface area (Å²) >= 11 is 0. The molecule has 0 radical (unpaired) electrons. The summed E-state index contributed by atoms with van der Waals surface area (Å²) < 4.78 is 0. The van der Waals surface area contributed by atoms with Gasteiger partial charge in [0.15, 0.2) is 0 Å². The molecule has 13 heteroatoms. The van der Waals surface area contributed by atoms with Gasteiger partial charge in [0.2, 0.25) is 29.5 Å². The van der Waals surface area contributed by atoms with Gasteiger partial charge in [-0.1, -0.05) is 64.4 Å². The Bertz CT molecular complexity index is 1640. The van der Waals surface area contributed by atoms with Crippen LogP contribution in [0.3, 0.4) is 0 Å². The molecule has 0 bridgehead atoms. The Balaban J connectivity index is 1.77. The lowest BCUT2D eigenvalue weighted by Crippen LogP contribution is -2.61. The van der Waals surface area contributed by atoms with Crippen molar-refractivity contribution in [1.82, 2.24) is 31.6 Å². The molecule has 0 unspecified atom stereocenters. The van der Waals surface area contributed by atoms with Crippen molar-refractivity contribution < 1.29 is 34.2 Å². The Kier molecular flexibility index (Phi) is 12.4. The number of para-hydroxylation sites is 1. The predicted octanol–water partition coefficient (Wildman–Crippen LogP) is 1.57. The predicted molar refractivity (Wildman–Crippen MR) is 184 cm³/mol. The Hall–Kier alpha value is -4.91. The van der Waals surface area contributed by atoms with Gasteiger partial charge >= 0.3 is 0 Å². The van der Waals surface area contributed by atoms with Crippen molar-refractivity contribution in [1.29, 1.82) is 0 Å². The van der Waals surface area contributed by atoms with Crippen molar-refractivity contribution in [2.24, 2.45) is 11.8 Å². The smallest absolute Gasteiger partial charge is 0.245 e. The molecule has 1 fully saturated rings. The largest absolute Gasteiger partial charge is 0.508 e. The number of hydrogen-bond donors (Lipinski definition) is 8. The van der Waals surface area contributed by atoms with Crippen LogP contribution in [0.4, 0.5) is 0 Å². The lowest BCUT2D eigenvalue weighted by Gasteiger charge is -2.29. The van der Waals surface area contributed by atoms with E-state index in [1.807, 2.05) is 45.0 Å². The molecule has 0 aliphatic carbocycles. The molecule has 3 aromatic rings. The molecule has 13 nitrogen and oxygen atoms in total. The van der Waals surface area contributed by atoms with Gasteiger partial charge < -0.3 is 41.8 Å². The van der Waals surface area contributed by atoms with Crippen LogP contribution in [-0.2, 0) is 36.8 Å². The van der Waals surface area contributed by atoms with Crippen LogP contribution in [0.5, 0.6) is 5.75 Å². The minimum atomic E-state index is -1.49. The third-order valence-electron chi connectivity index (χ3n) is 8.94. The van der Waals surface area contributed by atoms with Gasteiger partial charge in [0.25, 0.3) is 0 Å². The number of aliphatic hydroxyl groups excluding tert-OH is 1. The number of aliphatic hydroxyl groups is 1. The second kappa shape index (κ2) is 16.5. The molecule has 49 heavy (non-hydrogen) atoms. The highest BCUT2D eigenvalue weighted by Crippen LogP contribution is 2.20. The number of hydrogen-bond acceptors (Lipinski definition) is 7. The number of aromatic nitrogens is 1. The van der Waals surface area contributed by atoms with Crippen molar-refractivity contribution in [3.63, 3.8) is 0 Å². The SMILES string of the molecule is CC[C@H](C)[C@@H]1NC(=O)[C@H](CC(C)C)NC(=O)[C@H](Cc2c[nH]c3ccccc23)NC(=O)[C@@H]([C@H](C)O)NC(=O)[C@@H](Cc2ccc(O)cc2)NC1=O. The van der Waals surface area contributed by atoms with E-state index in [1.165, 1.54) is 19.1 Å². The number of phenols is 1. The molecule has 1 aliphatic rings. The normalized spacial score (nSPS) is 24.1. The van der Waals surface area contributed by atoms with Crippen LogP contribution in [-0.4, -0.2) is 81.0 Å². The summed E-state index contributed by atoms with van der Waals surface area (Å²) in [5.74, 6) is -3.78. The number of benzene rings is 2. The van der Waals surface area contributed by atoms with E-state index in [2.05, 4.69) is 31.6 Å².